The van der Waals surface area contributed by atoms with Crippen molar-refractivity contribution in [3.8, 4) is 0 Å². The maximum Gasteiger partial charge on any atom is 0.220 e. The summed E-state index contributed by atoms with van der Waals surface area (Å²) in [4.78, 5) is 24.6. The second-order valence-corrected chi connectivity index (χ2v) is 7.20. The van der Waals surface area contributed by atoms with Crippen molar-refractivity contribution >= 4 is 11.7 Å². The third-order valence-electron chi connectivity index (χ3n) is 5.05. The summed E-state index contributed by atoms with van der Waals surface area (Å²) < 4.78 is 5.36. The zero-order valence-corrected chi connectivity index (χ0v) is 15.6. The van der Waals surface area contributed by atoms with Crippen molar-refractivity contribution in [3.05, 3.63) is 34.9 Å². The Morgan fingerprint density at radius 2 is 1.92 bits per heavy atom. The maximum atomic E-state index is 12.4. The summed E-state index contributed by atoms with van der Waals surface area (Å²) in [5, 5.41) is 6.35. The normalized spacial score (nSPS) is 16.4. The fraction of sp³-hybridized carbons (Fsp3) is 0.600. The Bertz CT molecular complexity index is 601. The Morgan fingerprint density at radius 3 is 2.60 bits per heavy atom. The van der Waals surface area contributed by atoms with Crippen LogP contribution in [-0.4, -0.2) is 45.0 Å². The topological polar surface area (TPSA) is 67.4 Å². The number of rotatable bonds is 8. The Morgan fingerprint density at radius 1 is 1.20 bits per heavy atom. The lowest BCUT2D eigenvalue weighted by atomic mass is 9.79. The van der Waals surface area contributed by atoms with Crippen LogP contribution in [-0.2, 0) is 9.53 Å². The van der Waals surface area contributed by atoms with Crippen molar-refractivity contribution in [1.82, 2.24) is 10.6 Å². The first kappa shape index (κ1) is 19.6. The number of methoxy groups -OCH3 is 1. The molecule has 1 aliphatic heterocycles. The highest BCUT2D eigenvalue weighted by Crippen LogP contribution is 2.28. The number of hydrogen-bond donors (Lipinski definition) is 2. The van der Waals surface area contributed by atoms with E-state index in [1.165, 1.54) is 0 Å². The molecule has 0 aliphatic carbocycles. The highest BCUT2D eigenvalue weighted by Gasteiger charge is 2.32. The van der Waals surface area contributed by atoms with E-state index >= 15 is 0 Å². The van der Waals surface area contributed by atoms with E-state index in [-0.39, 0.29) is 29.9 Å². The van der Waals surface area contributed by atoms with Gasteiger partial charge in [-0.2, -0.15) is 0 Å². The molecule has 0 bridgehead atoms. The first-order valence-electron chi connectivity index (χ1n) is 9.03. The Kier molecular flexibility index (Phi) is 7.14. The summed E-state index contributed by atoms with van der Waals surface area (Å²) in [5.74, 6) is -0.0301. The molecule has 0 atom stereocenters. The molecule has 1 aliphatic rings. The monoisotopic (exact) mass is 346 g/mol. The van der Waals surface area contributed by atoms with Crippen LogP contribution >= 0.6 is 0 Å². The molecule has 0 aromatic heterocycles. The molecular formula is C20H30N2O3. The van der Waals surface area contributed by atoms with Crippen molar-refractivity contribution in [2.24, 2.45) is 5.41 Å². The average Bonchev–Trinajstić information content (AvgIpc) is 2.61. The predicted molar refractivity (Wildman–Crippen MR) is 98.9 cm³/mol. The van der Waals surface area contributed by atoms with Gasteiger partial charge in [0, 0.05) is 37.5 Å². The van der Waals surface area contributed by atoms with E-state index in [1.807, 2.05) is 32.0 Å². The number of ether oxygens (including phenoxy) is 1. The molecule has 5 heteroatoms. The van der Waals surface area contributed by atoms with Crippen LogP contribution in [0.3, 0.4) is 0 Å². The van der Waals surface area contributed by atoms with Crippen LogP contribution in [0.1, 0.15) is 47.2 Å². The molecule has 138 valence electrons. The van der Waals surface area contributed by atoms with Gasteiger partial charge >= 0.3 is 0 Å². The molecular weight excluding hydrogens is 316 g/mol. The third-order valence-corrected chi connectivity index (χ3v) is 5.05. The van der Waals surface area contributed by atoms with Crippen LogP contribution in [0.25, 0.3) is 0 Å². The molecule has 1 aromatic rings. The number of amides is 1. The van der Waals surface area contributed by atoms with E-state index in [0.29, 0.717) is 13.2 Å². The molecule has 0 saturated carbocycles. The largest absolute Gasteiger partial charge is 0.384 e. The van der Waals surface area contributed by atoms with E-state index in [1.54, 1.807) is 7.11 Å². The molecule has 2 N–H and O–H groups in total. The Hall–Kier alpha value is -1.72. The number of Topliss-reactive ketones (excluding diaryl/α,β-unsaturated/α-hetero) is 1. The molecule has 1 amide bonds. The number of aryl methyl sites for hydroxylation is 2. The van der Waals surface area contributed by atoms with Crippen LogP contribution in [0, 0.1) is 19.3 Å². The number of hydrogen-bond acceptors (Lipinski definition) is 4. The van der Waals surface area contributed by atoms with Crippen molar-refractivity contribution < 1.29 is 14.3 Å². The maximum absolute atomic E-state index is 12.4. The predicted octanol–water partition coefficient (Wildman–Crippen LogP) is 2.40. The van der Waals surface area contributed by atoms with Crippen LogP contribution in [0.15, 0.2) is 18.2 Å². The van der Waals surface area contributed by atoms with Gasteiger partial charge in [-0.15, -0.1) is 0 Å². The highest BCUT2D eigenvalue weighted by molar-refractivity contribution is 5.99. The minimum absolute atomic E-state index is 0.00675. The van der Waals surface area contributed by atoms with Gasteiger partial charge in [-0.25, -0.2) is 0 Å². The van der Waals surface area contributed by atoms with Crippen molar-refractivity contribution in [3.63, 3.8) is 0 Å². The van der Waals surface area contributed by atoms with Gasteiger partial charge in [-0.05, 0) is 51.4 Å². The van der Waals surface area contributed by atoms with Gasteiger partial charge in [-0.3, -0.25) is 9.59 Å². The lowest BCUT2D eigenvalue weighted by Crippen LogP contribution is -2.47. The zero-order valence-electron chi connectivity index (χ0n) is 15.6. The molecule has 1 saturated heterocycles. The first-order valence-corrected chi connectivity index (χ1v) is 9.03. The molecule has 1 heterocycles. The van der Waals surface area contributed by atoms with Crippen LogP contribution < -0.4 is 10.6 Å². The molecule has 1 aromatic carbocycles. The van der Waals surface area contributed by atoms with E-state index < -0.39 is 0 Å². The smallest absolute Gasteiger partial charge is 0.220 e. The Labute approximate surface area is 150 Å². The fourth-order valence-corrected chi connectivity index (χ4v) is 3.41. The number of carbonyl (C=O) groups is 2. The number of ketones is 1. The minimum Gasteiger partial charge on any atom is -0.384 e. The summed E-state index contributed by atoms with van der Waals surface area (Å²) in [6, 6.07) is 5.85. The third kappa shape index (κ3) is 5.65. The number of benzene rings is 1. The average molecular weight is 346 g/mol. The van der Waals surface area contributed by atoms with E-state index in [2.05, 4.69) is 10.6 Å². The van der Waals surface area contributed by atoms with Gasteiger partial charge in [0.05, 0.1) is 6.61 Å². The molecule has 0 spiro atoms. The van der Waals surface area contributed by atoms with E-state index in [0.717, 1.165) is 42.6 Å². The molecule has 0 unspecified atom stereocenters. The summed E-state index contributed by atoms with van der Waals surface area (Å²) in [5.41, 5.74) is 2.75. The van der Waals surface area contributed by atoms with Gasteiger partial charge in [0.2, 0.25) is 5.91 Å². The molecule has 2 rings (SSSR count). The van der Waals surface area contributed by atoms with Crippen LogP contribution in [0.5, 0.6) is 0 Å². The lowest BCUT2D eigenvalue weighted by molar-refractivity contribution is -0.122. The van der Waals surface area contributed by atoms with Crippen LogP contribution in [0.2, 0.25) is 0 Å². The SMILES string of the molecule is COCC1(CNC(=O)CCC(=O)c2cc(C)ccc2C)CCNCC1. The van der Waals surface area contributed by atoms with Gasteiger partial charge < -0.3 is 15.4 Å². The molecule has 25 heavy (non-hydrogen) atoms. The number of piperidine rings is 1. The number of carbonyl (C=O) groups excluding carboxylic acids is 2. The highest BCUT2D eigenvalue weighted by atomic mass is 16.5. The molecule has 5 nitrogen and oxygen atoms in total. The quantitative estimate of drug-likeness (QED) is 0.709. The van der Waals surface area contributed by atoms with E-state index in [4.69, 9.17) is 4.74 Å². The standard InChI is InChI=1S/C20H30N2O3/c1-15-4-5-16(2)17(12-15)18(23)6-7-19(24)22-13-20(14-25-3)8-10-21-11-9-20/h4-5,12,21H,6-11,13-14H2,1-3H3,(H,22,24). The summed E-state index contributed by atoms with van der Waals surface area (Å²) in [7, 11) is 1.70. The minimum atomic E-state index is -0.0623. The summed E-state index contributed by atoms with van der Waals surface area (Å²) >= 11 is 0. The second-order valence-electron chi connectivity index (χ2n) is 7.20. The first-order chi connectivity index (χ1) is 12.0. The molecule has 1 fully saturated rings. The molecule has 0 radical (unpaired) electrons. The summed E-state index contributed by atoms with van der Waals surface area (Å²) in [6.07, 6.45) is 2.45. The zero-order chi connectivity index (χ0) is 18.3. The van der Waals surface area contributed by atoms with Gasteiger partial charge in [-0.1, -0.05) is 17.7 Å². The number of nitrogens with one attached hydrogen (secondary N) is 2. The Balaban J connectivity index is 1.83. The van der Waals surface area contributed by atoms with Crippen molar-refractivity contribution in [2.45, 2.75) is 39.5 Å². The van der Waals surface area contributed by atoms with Crippen molar-refractivity contribution in [1.29, 1.82) is 0 Å². The van der Waals surface area contributed by atoms with Gasteiger partial charge in [0.15, 0.2) is 5.78 Å². The lowest BCUT2D eigenvalue weighted by Gasteiger charge is -2.37. The van der Waals surface area contributed by atoms with Crippen molar-refractivity contribution in [2.75, 3.05) is 33.4 Å². The van der Waals surface area contributed by atoms with Gasteiger partial charge in [0.1, 0.15) is 0 Å². The summed E-state index contributed by atoms with van der Waals surface area (Å²) in [6.45, 7) is 7.06. The van der Waals surface area contributed by atoms with Crippen LogP contribution in [0.4, 0.5) is 0 Å². The fourth-order valence-electron chi connectivity index (χ4n) is 3.41. The van der Waals surface area contributed by atoms with E-state index in [9.17, 15) is 9.59 Å². The second kappa shape index (κ2) is 9.11. The van der Waals surface area contributed by atoms with Gasteiger partial charge in [0.25, 0.3) is 0 Å².